The molecule has 0 radical (unpaired) electrons. The van der Waals surface area contributed by atoms with Crippen molar-refractivity contribution in [2.24, 2.45) is 0 Å². The van der Waals surface area contributed by atoms with Gasteiger partial charge in [0.05, 0.1) is 9.82 Å². The predicted molar refractivity (Wildman–Crippen MR) is 115 cm³/mol. The lowest BCUT2D eigenvalue weighted by atomic mass is 10.3. The second-order valence-corrected chi connectivity index (χ2v) is 9.58. The minimum absolute atomic E-state index is 0.00943. The Kier molecular flexibility index (Phi) is 6.54. The summed E-state index contributed by atoms with van der Waals surface area (Å²) in [7, 11) is -3.83. The molecule has 1 aromatic carbocycles. The van der Waals surface area contributed by atoms with Crippen LogP contribution in [-0.4, -0.2) is 29.4 Å². The van der Waals surface area contributed by atoms with Crippen molar-refractivity contribution in [2.75, 3.05) is 10.0 Å². The normalized spacial score (nSPS) is 11.5. The van der Waals surface area contributed by atoms with Crippen LogP contribution in [0.25, 0.3) is 6.08 Å². The number of nitrogens with zero attached hydrogens (tertiary/aromatic N) is 3. The highest BCUT2D eigenvalue weighted by Crippen LogP contribution is 2.25. The largest absolute Gasteiger partial charge is 0.324 e. The van der Waals surface area contributed by atoms with Crippen LogP contribution in [-0.2, 0) is 21.2 Å². The quantitative estimate of drug-likeness (QED) is 0.294. The Bertz CT molecular complexity index is 1200. The average Bonchev–Trinajstić information content (AvgIpc) is 3.36. The molecule has 10 nitrogen and oxygen atoms in total. The van der Waals surface area contributed by atoms with Crippen molar-refractivity contribution in [1.29, 1.82) is 0 Å². The summed E-state index contributed by atoms with van der Waals surface area (Å²) in [5.74, 6) is -0.458. The first kappa shape index (κ1) is 21.5. The van der Waals surface area contributed by atoms with Crippen LogP contribution in [0.4, 0.5) is 15.8 Å². The summed E-state index contributed by atoms with van der Waals surface area (Å²) < 4.78 is 27.2. The number of sulfonamides is 1. The molecule has 0 aliphatic heterocycles. The molecule has 2 N–H and O–H groups in total. The summed E-state index contributed by atoms with van der Waals surface area (Å²) in [6.45, 7) is 1.89. The first-order valence-electron chi connectivity index (χ1n) is 8.45. The molecular formula is C17H15N5O5S3. The number of aromatic nitrogens is 2. The molecule has 3 aromatic rings. The molecule has 2 aromatic heterocycles. The van der Waals surface area contributed by atoms with Crippen LogP contribution in [0.15, 0.2) is 47.4 Å². The highest BCUT2D eigenvalue weighted by atomic mass is 32.2. The van der Waals surface area contributed by atoms with E-state index in [-0.39, 0.29) is 15.0 Å². The Balaban J connectivity index is 1.62. The van der Waals surface area contributed by atoms with Gasteiger partial charge in [-0.25, -0.2) is 8.42 Å². The molecule has 1 amide bonds. The monoisotopic (exact) mass is 465 g/mol. The second-order valence-electron chi connectivity index (χ2n) is 5.74. The molecule has 0 saturated heterocycles. The first-order chi connectivity index (χ1) is 14.3. The van der Waals surface area contributed by atoms with E-state index in [2.05, 4.69) is 20.2 Å². The van der Waals surface area contributed by atoms with E-state index in [0.717, 1.165) is 27.7 Å². The molecule has 13 heteroatoms. The zero-order chi connectivity index (χ0) is 21.7. The summed E-state index contributed by atoms with van der Waals surface area (Å²) in [5.41, 5.74) is 0.393. The standard InChI is InChI=1S/C17H15N5O5S3/c1-2-15-19-20-17(29-15)21-30(26,27)13-7-3-11(4-8-13)18-14(23)9-5-12-6-10-16(28-12)22(24)25/h3-10H,2H2,1H3,(H,18,23)(H,20,21)/b9-5+. The predicted octanol–water partition coefficient (Wildman–Crippen LogP) is 3.52. The van der Waals surface area contributed by atoms with Gasteiger partial charge in [0.1, 0.15) is 5.01 Å². The third-order valence-electron chi connectivity index (χ3n) is 3.61. The zero-order valence-corrected chi connectivity index (χ0v) is 17.9. The topological polar surface area (TPSA) is 144 Å². The lowest BCUT2D eigenvalue weighted by Crippen LogP contribution is -2.13. The first-order valence-corrected chi connectivity index (χ1v) is 11.6. The molecule has 0 fully saturated rings. The average molecular weight is 466 g/mol. The Morgan fingerprint density at radius 2 is 1.90 bits per heavy atom. The number of hydrogen-bond acceptors (Lipinski definition) is 9. The Hall–Kier alpha value is -3.16. The number of thiophene rings is 1. The van der Waals surface area contributed by atoms with E-state index in [1.54, 1.807) is 6.07 Å². The van der Waals surface area contributed by atoms with Crippen LogP contribution >= 0.6 is 22.7 Å². The van der Waals surface area contributed by atoms with Crippen LogP contribution in [0.5, 0.6) is 0 Å². The lowest BCUT2D eigenvalue weighted by Gasteiger charge is -2.06. The van der Waals surface area contributed by atoms with E-state index in [1.165, 1.54) is 42.5 Å². The molecule has 0 bridgehead atoms. The van der Waals surface area contributed by atoms with Gasteiger partial charge in [0.25, 0.3) is 10.0 Å². The van der Waals surface area contributed by atoms with Crippen molar-refractivity contribution >= 4 is 60.5 Å². The van der Waals surface area contributed by atoms with Crippen molar-refractivity contribution in [1.82, 2.24) is 10.2 Å². The number of benzene rings is 1. The number of aryl methyl sites for hydroxylation is 1. The van der Waals surface area contributed by atoms with Crippen LogP contribution in [0.3, 0.4) is 0 Å². The number of hydrogen-bond donors (Lipinski definition) is 2. The number of carbonyl (C=O) groups excluding carboxylic acids is 1. The van der Waals surface area contributed by atoms with Gasteiger partial charge in [0, 0.05) is 22.7 Å². The van der Waals surface area contributed by atoms with E-state index in [4.69, 9.17) is 0 Å². The summed E-state index contributed by atoms with van der Waals surface area (Å²) in [5, 5.41) is 21.8. The second kappa shape index (κ2) is 9.11. The van der Waals surface area contributed by atoms with E-state index in [0.29, 0.717) is 17.0 Å². The number of amides is 1. The van der Waals surface area contributed by atoms with E-state index in [1.807, 2.05) is 6.92 Å². The minimum atomic E-state index is -3.83. The Labute approximate surface area is 179 Å². The molecule has 0 aliphatic rings. The molecule has 156 valence electrons. The van der Waals surface area contributed by atoms with E-state index >= 15 is 0 Å². The van der Waals surface area contributed by atoms with Crippen molar-refractivity contribution in [2.45, 2.75) is 18.2 Å². The molecule has 0 atom stereocenters. The van der Waals surface area contributed by atoms with Gasteiger partial charge in [-0.1, -0.05) is 29.6 Å². The fraction of sp³-hybridized carbons (Fsp3) is 0.118. The van der Waals surface area contributed by atoms with Crippen LogP contribution < -0.4 is 10.0 Å². The molecule has 0 saturated carbocycles. The zero-order valence-electron chi connectivity index (χ0n) is 15.4. The number of rotatable bonds is 8. The van der Waals surface area contributed by atoms with Gasteiger partial charge in [-0.05, 0) is 42.8 Å². The van der Waals surface area contributed by atoms with Crippen LogP contribution in [0, 0.1) is 10.1 Å². The van der Waals surface area contributed by atoms with Crippen molar-refractivity contribution in [3.05, 3.63) is 62.5 Å². The van der Waals surface area contributed by atoms with Gasteiger partial charge < -0.3 is 5.32 Å². The summed E-state index contributed by atoms with van der Waals surface area (Å²) in [6.07, 6.45) is 3.36. The molecular weight excluding hydrogens is 450 g/mol. The van der Waals surface area contributed by atoms with Crippen molar-refractivity contribution in [3.63, 3.8) is 0 Å². The summed E-state index contributed by atoms with van der Waals surface area (Å²) in [4.78, 5) is 22.7. The van der Waals surface area contributed by atoms with E-state index in [9.17, 15) is 23.3 Å². The fourth-order valence-corrected chi connectivity index (χ4v) is 4.83. The SMILES string of the molecule is CCc1nnc(NS(=O)(=O)c2ccc(NC(=O)/C=C/c3ccc([N+](=O)[O-])s3)cc2)s1. The third-order valence-corrected chi connectivity index (χ3v) is 7.08. The third kappa shape index (κ3) is 5.46. The van der Waals surface area contributed by atoms with Gasteiger partial charge in [0.2, 0.25) is 11.0 Å². The number of nitro groups is 1. The van der Waals surface area contributed by atoms with Crippen LogP contribution in [0.1, 0.15) is 16.8 Å². The highest BCUT2D eigenvalue weighted by molar-refractivity contribution is 7.93. The minimum Gasteiger partial charge on any atom is -0.323 e. The van der Waals surface area contributed by atoms with Gasteiger partial charge >= 0.3 is 5.00 Å². The highest BCUT2D eigenvalue weighted by Gasteiger charge is 2.17. The van der Waals surface area contributed by atoms with Gasteiger partial charge in [0.15, 0.2) is 0 Å². The Morgan fingerprint density at radius 1 is 1.17 bits per heavy atom. The molecule has 0 spiro atoms. The van der Waals surface area contributed by atoms with Crippen molar-refractivity contribution < 1.29 is 18.1 Å². The Morgan fingerprint density at radius 3 is 2.50 bits per heavy atom. The number of carbonyl (C=O) groups is 1. The smallest absolute Gasteiger partial charge is 0.323 e. The summed E-state index contributed by atoms with van der Waals surface area (Å²) >= 11 is 2.11. The molecule has 3 rings (SSSR count). The van der Waals surface area contributed by atoms with E-state index < -0.39 is 20.9 Å². The molecule has 2 heterocycles. The molecule has 0 aliphatic carbocycles. The van der Waals surface area contributed by atoms with Gasteiger partial charge in [-0.2, -0.15) is 0 Å². The van der Waals surface area contributed by atoms with Crippen LogP contribution in [0.2, 0.25) is 0 Å². The number of nitrogens with one attached hydrogen (secondary N) is 2. The molecule has 0 unspecified atom stereocenters. The maximum Gasteiger partial charge on any atom is 0.324 e. The maximum atomic E-state index is 12.4. The lowest BCUT2D eigenvalue weighted by molar-refractivity contribution is -0.380. The van der Waals surface area contributed by atoms with Gasteiger partial charge in [-0.3, -0.25) is 19.6 Å². The summed E-state index contributed by atoms with van der Waals surface area (Å²) in [6, 6.07) is 8.51. The van der Waals surface area contributed by atoms with Gasteiger partial charge in [-0.15, -0.1) is 10.2 Å². The maximum absolute atomic E-state index is 12.4. The number of anilines is 2. The van der Waals surface area contributed by atoms with Crippen molar-refractivity contribution in [3.8, 4) is 0 Å². The fourth-order valence-electron chi connectivity index (χ4n) is 2.20. The molecule has 30 heavy (non-hydrogen) atoms.